The van der Waals surface area contributed by atoms with Crippen molar-refractivity contribution in [1.29, 1.82) is 0 Å². The fourth-order valence-corrected chi connectivity index (χ4v) is 1.48. The molecule has 1 rings (SSSR count). The van der Waals surface area contributed by atoms with Gasteiger partial charge in [-0.1, -0.05) is 5.57 Å². The van der Waals surface area contributed by atoms with Gasteiger partial charge in [0, 0.05) is 4.91 Å². The average Bonchev–Trinajstić information content (AvgIpc) is 2.10. The van der Waals surface area contributed by atoms with Gasteiger partial charge >= 0.3 is 0 Å². The van der Waals surface area contributed by atoms with Gasteiger partial charge in [0.2, 0.25) is 0 Å². The molecular weight excluding hydrogens is 150 g/mol. The maximum atomic E-state index is 10.6. The van der Waals surface area contributed by atoms with Gasteiger partial charge in [0.15, 0.2) is 6.23 Å². The highest BCUT2D eigenvalue weighted by Gasteiger charge is 2.25. The highest BCUT2D eigenvalue weighted by Crippen LogP contribution is 2.28. The fourth-order valence-electron chi connectivity index (χ4n) is 0.738. The number of thioether (sulfide) groups is 1. The largest absolute Gasteiger partial charge is 0.369 e. The van der Waals surface area contributed by atoms with Gasteiger partial charge < -0.3 is 10.4 Å². The first-order chi connectivity index (χ1) is 4.61. The Morgan fingerprint density at radius 3 is 2.50 bits per heavy atom. The zero-order chi connectivity index (χ0) is 7.72. The van der Waals surface area contributed by atoms with Crippen molar-refractivity contribution >= 4 is 17.0 Å². The van der Waals surface area contributed by atoms with Crippen LogP contribution in [0.3, 0.4) is 0 Å². The van der Waals surface area contributed by atoms with E-state index in [-0.39, 0.29) is 5.24 Å². The first-order valence-corrected chi connectivity index (χ1v) is 3.76. The van der Waals surface area contributed by atoms with Crippen LogP contribution in [0.4, 0.5) is 4.79 Å². The van der Waals surface area contributed by atoms with Gasteiger partial charge in [-0.15, -0.1) is 0 Å². The van der Waals surface area contributed by atoms with Crippen molar-refractivity contribution in [3.63, 3.8) is 0 Å². The summed E-state index contributed by atoms with van der Waals surface area (Å²) < 4.78 is 0. The quantitative estimate of drug-likeness (QED) is 0.555. The summed E-state index contributed by atoms with van der Waals surface area (Å²) in [6.07, 6.45) is -0.775. The Morgan fingerprint density at radius 2 is 2.30 bits per heavy atom. The molecule has 4 heteroatoms. The van der Waals surface area contributed by atoms with Crippen LogP contribution in [0, 0.1) is 0 Å². The Hall–Kier alpha value is -0.480. The molecule has 1 atom stereocenters. The van der Waals surface area contributed by atoms with Crippen LogP contribution in [0.1, 0.15) is 13.8 Å². The van der Waals surface area contributed by atoms with Crippen LogP contribution < -0.4 is 5.32 Å². The van der Waals surface area contributed by atoms with E-state index in [4.69, 9.17) is 5.11 Å². The molecule has 0 aromatic heterocycles. The number of carbonyl (C=O) groups is 1. The number of hydrogen-bond donors (Lipinski definition) is 2. The smallest absolute Gasteiger partial charge is 0.285 e. The molecule has 1 aliphatic rings. The van der Waals surface area contributed by atoms with Crippen LogP contribution in [0.5, 0.6) is 0 Å². The number of aliphatic hydroxyl groups excluding tert-OH is 1. The molecular formula is C6H9NO2S. The first-order valence-electron chi connectivity index (χ1n) is 2.95. The van der Waals surface area contributed by atoms with Crippen molar-refractivity contribution < 1.29 is 9.90 Å². The molecule has 10 heavy (non-hydrogen) atoms. The number of rotatable bonds is 0. The van der Waals surface area contributed by atoms with E-state index in [1.165, 1.54) is 0 Å². The third kappa shape index (κ3) is 1.33. The van der Waals surface area contributed by atoms with Gasteiger partial charge in [0.25, 0.3) is 5.24 Å². The summed E-state index contributed by atoms with van der Waals surface area (Å²) in [6, 6.07) is 0. The Bertz CT molecular complexity index is 196. The molecule has 1 heterocycles. The maximum Gasteiger partial charge on any atom is 0.285 e. The van der Waals surface area contributed by atoms with E-state index in [1.54, 1.807) is 0 Å². The molecule has 3 nitrogen and oxygen atoms in total. The third-order valence-corrected chi connectivity index (χ3v) is 2.35. The fraction of sp³-hybridized carbons (Fsp3) is 0.500. The normalized spacial score (nSPS) is 24.9. The van der Waals surface area contributed by atoms with Gasteiger partial charge in [0.05, 0.1) is 0 Å². The van der Waals surface area contributed by atoms with Gasteiger partial charge in [0.1, 0.15) is 0 Å². The van der Waals surface area contributed by atoms with E-state index in [9.17, 15) is 4.79 Å². The Balaban J connectivity index is 2.83. The molecule has 1 unspecified atom stereocenters. The van der Waals surface area contributed by atoms with Crippen molar-refractivity contribution in [2.75, 3.05) is 0 Å². The minimum absolute atomic E-state index is 0.177. The summed E-state index contributed by atoms with van der Waals surface area (Å²) in [4.78, 5) is 11.4. The standard InChI is InChI=1S/C6H9NO2S/c1-3(2)4-5(8)7-6(9)10-4/h5,8H,1-2H3,(H,7,9). The Kier molecular flexibility index (Phi) is 2.01. The second-order valence-corrected chi connectivity index (χ2v) is 3.32. The third-order valence-electron chi connectivity index (χ3n) is 1.20. The van der Waals surface area contributed by atoms with Crippen molar-refractivity contribution in [2.45, 2.75) is 20.1 Å². The van der Waals surface area contributed by atoms with Gasteiger partial charge in [-0.25, -0.2) is 0 Å². The highest BCUT2D eigenvalue weighted by atomic mass is 32.2. The molecule has 0 spiro atoms. The van der Waals surface area contributed by atoms with Crippen LogP contribution in [0.2, 0.25) is 0 Å². The van der Waals surface area contributed by atoms with Crippen molar-refractivity contribution in [3.8, 4) is 0 Å². The number of aliphatic hydroxyl groups is 1. The monoisotopic (exact) mass is 159 g/mol. The van der Waals surface area contributed by atoms with Gasteiger partial charge in [-0.2, -0.15) is 0 Å². The van der Waals surface area contributed by atoms with Crippen LogP contribution in [-0.2, 0) is 0 Å². The van der Waals surface area contributed by atoms with Crippen molar-refractivity contribution in [3.05, 3.63) is 10.5 Å². The summed E-state index contributed by atoms with van der Waals surface area (Å²) in [5.74, 6) is 0. The lowest BCUT2D eigenvalue weighted by Crippen LogP contribution is -2.24. The molecule has 1 saturated heterocycles. The van der Waals surface area contributed by atoms with E-state index in [2.05, 4.69) is 5.32 Å². The van der Waals surface area contributed by atoms with Crippen LogP contribution in [0.25, 0.3) is 0 Å². The Morgan fingerprint density at radius 1 is 1.70 bits per heavy atom. The highest BCUT2D eigenvalue weighted by molar-refractivity contribution is 8.17. The predicted molar refractivity (Wildman–Crippen MR) is 40.5 cm³/mol. The minimum atomic E-state index is -0.775. The number of hydrogen-bond acceptors (Lipinski definition) is 3. The number of amides is 1. The lowest BCUT2D eigenvalue weighted by atomic mass is 10.3. The molecule has 0 radical (unpaired) electrons. The van der Waals surface area contributed by atoms with Crippen LogP contribution >= 0.6 is 11.8 Å². The van der Waals surface area contributed by atoms with Gasteiger partial charge in [-0.3, -0.25) is 4.79 Å². The molecule has 0 saturated carbocycles. The zero-order valence-electron chi connectivity index (χ0n) is 5.84. The number of nitrogens with one attached hydrogen (secondary N) is 1. The zero-order valence-corrected chi connectivity index (χ0v) is 6.66. The van der Waals surface area contributed by atoms with E-state index in [0.717, 1.165) is 22.2 Å². The van der Waals surface area contributed by atoms with E-state index < -0.39 is 6.23 Å². The van der Waals surface area contributed by atoms with Crippen molar-refractivity contribution in [1.82, 2.24) is 5.32 Å². The predicted octanol–water partition coefficient (Wildman–Crippen LogP) is 1.06. The molecule has 56 valence electrons. The van der Waals surface area contributed by atoms with E-state index >= 15 is 0 Å². The minimum Gasteiger partial charge on any atom is -0.369 e. The summed E-state index contributed by atoms with van der Waals surface area (Å²) in [5, 5.41) is 11.3. The molecule has 1 amide bonds. The summed E-state index contributed by atoms with van der Waals surface area (Å²) >= 11 is 1.06. The second-order valence-electron chi connectivity index (χ2n) is 2.30. The van der Waals surface area contributed by atoms with Crippen LogP contribution in [-0.4, -0.2) is 16.6 Å². The van der Waals surface area contributed by atoms with Gasteiger partial charge in [-0.05, 0) is 25.6 Å². The average molecular weight is 159 g/mol. The summed E-state index contributed by atoms with van der Waals surface area (Å²) in [7, 11) is 0. The molecule has 0 bridgehead atoms. The number of carbonyl (C=O) groups excluding carboxylic acids is 1. The Labute approximate surface area is 63.5 Å². The second kappa shape index (κ2) is 2.64. The summed E-state index contributed by atoms with van der Waals surface area (Å²) in [5.41, 5.74) is 0.982. The maximum absolute atomic E-state index is 10.6. The van der Waals surface area contributed by atoms with Crippen molar-refractivity contribution in [2.24, 2.45) is 0 Å². The molecule has 0 aromatic rings. The number of allylic oxidation sites excluding steroid dienone is 1. The molecule has 0 aromatic carbocycles. The van der Waals surface area contributed by atoms with Crippen LogP contribution in [0.15, 0.2) is 10.5 Å². The lowest BCUT2D eigenvalue weighted by molar-refractivity contribution is 0.191. The van der Waals surface area contributed by atoms with E-state index in [1.807, 2.05) is 13.8 Å². The molecule has 1 fully saturated rings. The summed E-state index contributed by atoms with van der Waals surface area (Å²) in [6.45, 7) is 3.73. The first kappa shape index (κ1) is 7.63. The topological polar surface area (TPSA) is 49.3 Å². The molecule has 1 aliphatic heterocycles. The molecule has 2 N–H and O–H groups in total. The van der Waals surface area contributed by atoms with E-state index in [0.29, 0.717) is 0 Å². The lowest BCUT2D eigenvalue weighted by Gasteiger charge is -2.02. The SMILES string of the molecule is CC(C)=C1SC(=O)NC1O. The molecule has 0 aliphatic carbocycles.